The summed E-state index contributed by atoms with van der Waals surface area (Å²) in [6, 6.07) is 19.3. The normalized spacial score (nSPS) is 14.6. The van der Waals surface area contributed by atoms with Crippen molar-refractivity contribution in [2.75, 3.05) is 5.32 Å². The molecule has 3 nitrogen and oxygen atoms in total. The first kappa shape index (κ1) is 27.5. The van der Waals surface area contributed by atoms with Crippen LogP contribution in [0.4, 0.5) is 36.8 Å². The number of alkyl halides is 6. The first-order valence-corrected chi connectivity index (χ1v) is 12.9. The van der Waals surface area contributed by atoms with Crippen LogP contribution in [0.2, 0.25) is 0 Å². The molecule has 3 aromatic carbocycles. The minimum absolute atomic E-state index is 0.0163. The van der Waals surface area contributed by atoms with Crippen LogP contribution in [-0.4, -0.2) is 12.1 Å². The third-order valence-corrected chi connectivity index (χ3v) is 8.48. The van der Waals surface area contributed by atoms with E-state index in [1.807, 2.05) is 72.8 Å². The van der Waals surface area contributed by atoms with Crippen molar-refractivity contribution >= 4 is 30.2 Å². The third kappa shape index (κ3) is 6.45. The van der Waals surface area contributed by atoms with Crippen molar-refractivity contribution in [2.24, 2.45) is 0 Å². The maximum atomic E-state index is 13.2. The summed E-state index contributed by atoms with van der Waals surface area (Å²) in [5.74, 6) is 0. The summed E-state index contributed by atoms with van der Waals surface area (Å²) in [4.78, 5) is 12.7. The van der Waals surface area contributed by atoms with E-state index >= 15 is 0 Å². The largest absolute Gasteiger partial charge is 0.416 e. The highest BCUT2D eigenvalue weighted by Gasteiger charge is 2.37. The Labute approximate surface area is 217 Å². The zero-order valence-corrected chi connectivity index (χ0v) is 21.0. The van der Waals surface area contributed by atoms with Gasteiger partial charge in [0.2, 0.25) is 0 Å². The van der Waals surface area contributed by atoms with Crippen molar-refractivity contribution < 1.29 is 31.1 Å². The number of amides is 2. The van der Waals surface area contributed by atoms with Crippen molar-refractivity contribution in [2.45, 2.75) is 31.7 Å². The van der Waals surface area contributed by atoms with E-state index < -0.39 is 49.2 Å². The van der Waals surface area contributed by atoms with Gasteiger partial charge < -0.3 is 10.6 Å². The van der Waals surface area contributed by atoms with E-state index in [1.54, 1.807) is 6.92 Å². The van der Waals surface area contributed by atoms with E-state index in [1.165, 1.54) is 0 Å². The Balaban J connectivity index is 1.60. The summed E-state index contributed by atoms with van der Waals surface area (Å²) in [5.41, 5.74) is -2.69. The molecule has 0 unspecified atom stereocenters. The molecular weight excluding hydrogens is 525 g/mol. The number of rotatable bonds is 6. The van der Waals surface area contributed by atoms with Gasteiger partial charge in [-0.3, -0.25) is 0 Å². The molecule has 0 radical (unpaired) electrons. The van der Waals surface area contributed by atoms with Crippen molar-refractivity contribution in [3.63, 3.8) is 0 Å². The summed E-state index contributed by atoms with van der Waals surface area (Å²) >= 11 is 0. The lowest BCUT2D eigenvalue weighted by Gasteiger charge is -2.24. The third-order valence-electron chi connectivity index (χ3n) is 5.93. The van der Waals surface area contributed by atoms with Gasteiger partial charge in [0.05, 0.1) is 17.2 Å². The van der Waals surface area contributed by atoms with Gasteiger partial charge >= 0.3 is 18.4 Å². The SMILES string of the molecule is C[C@@H](NC(=O)Nc1cc(C(F)(F)F)cc(C(F)(F)F)c1)C1=C(P(c2ccccc2)c2ccccc2)C=CC1. The zero-order valence-electron chi connectivity index (χ0n) is 20.1. The van der Waals surface area contributed by atoms with E-state index in [4.69, 9.17) is 0 Å². The quantitative estimate of drug-likeness (QED) is 0.242. The fourth-order valence-electron chi connectivity index (χ4n) is 4.19. The molecule has 1 aliphatic carbocycles. The molecule has 4 rings (SSSR count). The number of hydrogen-bond acceptors (Lipinski definition) is 1. The maximum absolute atomic E-state index is 13.2. The number of allylic oxidation sites excluding steroid dienone is 3. The number of carbonyl (C=O) groups excluding carboxylic acids is 1. The Bertz CT molecular complexity index is 1280. The van der Waals surface area contributed by atoms with Gasteiger partial charge in [0.1, 0.15) is 0 Å². The zero-order chi connectivity index (χ0) is 27.5. The van der Waals surface area contributed by atoms with E-state index in [0.29, 0.717) is 18.6 Å². The maximum Gasteiger partial charge on any atom is 0.416 e. The Kier molecular flexibility index (Phi) is 7.97. The van der Waals surface area contributed by atoms with Crippen LogP contribution < -0.4 is 21.2 Å². The predicted molar refractivity (Wildman–Crippen MR) is 138 cm³/mol. The molecule has 3 aromatic rings. The van der Waals surface area contributed by atoms with Crippen LogP contribution in [0, 0.1) is 0 Å². The lowest BCUT2D eigenvalue weighted by Crippen LogP contribution is -2.37. The summed E-state index contributed by atoms with van der Waals surface area (Å²) in [5, 5.41) is 8.06. The number of anilines is 1. The average molecular weight is 548 g/mol. The lowest BCUT2D eigenvalue weighted by atomic mass is 10.1. The van der Waals surface area contributed by atoms with Crippen molar-refractivity contribution in [1.29, 1.82) is 0 Å². The second-order valence-electron chi connectivity index (χ2n) is 8.64. The van der Waals surface area contributed by atoms with Crippen molar-refractivity contribution in [1.82, 2.24) is 5.32 Å². The Hall–Kier alpha value is -3.58. The van der Waals surface area contributed by atoms with E-state index in [0.717, 1.165) is 21.5 Å². The highest BCUT2D eigenvalue weighted by Crippen LogP contribution is 2.48. The molecule has 2 N–H and O–H groups in total. The van der Waals surface area contributed by atoms with Crippen LogP contribution in [0.15, 0.2) is 102 Å². The molecule has 0 bridgehead atoms. The molecule has 198 valence electrons. The molecule has 0 saturated heterocycles. The molecule has 38 heavy (non-hydrogen) atoms. The average Bonchev–Trinajstić information content (AvgIpc) is 3.34. The van der Waals surface area contributed by atoms with E-state index in [2.05, 4.69) is 10.6 Å². The molecule has 1 aliphatic rings. The summed E-state index contributed by atoms with van der Waals surface area (Å²) < 4.78 is 79.1. The topological polar surface area (TPSA) is 41.1 Å². The number of hydrogen-bond donors (Lipinski definition) is 2. The standard InChI is InChI=1S/C28H23F6N2OP/c1-18(35-26(37)36-21-16-19(27(29,30)31)15-20(17-21)28(32,33)34)24-13-8-14-25(24)38(22-9-4-2-5-10-22)23-11-6-3-7-12-23/h2-12,14-18H,13H2,1H3,(H2,35,36,37)/t18-/m1/s1. The second kappa shape index (κ2) is 11.0. The second-order valence-corrected chi connectivity index (χ2v) is 10.8. The molecule has 0 saturated carbocycles. The van der Waals surface area contributed by atoms with Gasteiger partial charge in [-0.1, -0.05) is 72.8 Å². The van der Waals surface area contributed by atoms with Gasteiger partial charge in [0.25, 0.3) is 0 Å². The van der Waals surface area contributed by atoms with Gasteiger partial charge in [-0.15, -0.1) is 0 Å². The Morgan fingerprint density at radius 1 is 0.816 bits per heavy atom. The molecule has 2 amide bonds. The molecule has 0 aliphatic heterocycles. The van der Waals surface area contributed by atoms with Gasteiger partial charge in [-0.2, -0.15) is 26.3 Å². The smallest absolute Gasteiger partial charge is 0.332 e. The number of halogens is 6. The minimum Gasteiger partial charge on any atom is -0.332 e. The number of nitrogens with one attached hydrogen (secondary N) is 2. The van der Waals surface area contributed by atoms with Crippen LogP contribution in [-0.2, 0) is 12.4 Å². The summed E-state index contributed by atoms with van der Waals surface area (Å²) in [6.45, 7) is 1.73. The molecule has 10 heteroatoms. The van der Waals surface area contributed by atoms with Gasteiger partial charge in [0.15, 0.2) is 0 Å². The monoisotopic (exact) mass is 548 g/mol. The van der Waals surface area contributed by atoms with Crippen molar-refractivity contribution in [3.05, 3.63) is 113 Å². The minimum atomic E-state index is -5.01. The first-order valence-electron chi connectivity index (χ1n) is 11.6. The molecule has 0 aromatic heterocycles. The summed E-state index contributed by atoms with van der Waals surface area (Å²) in [6.07, 6.45) is -5.48. The Morgan fingerprint density at radius 3 is 1.79 bits per heavy atom. The molecule has 0 heterocycles. The molecule has 1 atom stereocenters. The van der Waals surface area contributed by atoms with Gasteiger partial charge in [0, 0.05) is 5.69 Å². The van der Waals surface area contributed by atoms with E-state index in [9.17, 15) is 31.1 Å². The summed E-state index contributed by atoms with van der Waals surface area (Å²) in [7, 11) is -0.961. The van der Waals surface area contributed by atoms with Crippen LogP contribution in [0.25, 0.3) is 0 Å². The molecular formula is C28H23F6N2OP. The lowest BCUT2D eigenvalue weighted by molar-refractivity contribution is -0.143. The van der Waals surface area contributed by atoms with Gasteiger partial charge in [-0.25, -0.2) is 4.79 Å². The van der Waals surface area contributed by atoms with E-state index in [-0.39, 0.29) is 6.07 Å². The van der Waals surface area contributed by atoms with Crippen LogP contribution in [0.5, 0.6) is 0 Å². The predicted octanol–water partition coefficient (Wildman–Crippen LogP) is 7.58. The number of benzene rings is 3. The number of urea groups is 1. The highest BCUT2D eigenvalue weighted by molar-refractivity contribution is 7.77. The first-order chi connectivity index (χ1) is 17.9. The fraction of sp³-hybridized carbons (Fsp3) is 0.179. The van der Waals surface area contributed by atoms with Crippen LogP contribution in [0.3, 0.4) is 0 Å². The Morgan fingerprint density at radius 2 is 1.32 bits per heavy atom. The molecule has 0 fully saturated rings. The number of carbonyl (C=O) groups is 1. The van der Waals surface area contributed by atoms with Gasteiger partial charge in [-0.05, 0) is 61.0 Å². The highest BCUT2D eigenvalue weighted by atomic mass is 31.1. The van der Waals surface area contributed by atoms with Crippen molar-refractivity contribution in [3.8, 4) is 0 Å². The van der Waals surface area contributed by atoms with Crippen LogP contribution in [0.1, 0.15) is 24.5 Å². The van der Waals surface area contributed by atoms with Crippen LogP contribution >= 0.6 is 7.92 Å². The fourth-order valence-corrected chi connectivity index (χ4v) is 6.81. The molecule has 0 spiro atoms.